The molecule has 2 nitrogen and oxygen atoms in total. The quantitative estimate of drug-likeness (QED) is 0.842. The molecular formula is C13H17NOS2. The number of hydrogen-bond acceptors (Lipinski definition) is 4. The smallest absolute Gasteiger partial charge is 0.152 e. The fourth-order valence-corrected chi connectivity index (χ4v) is 4.64. The molecule has 1 fully saturated rings. The van der Waals surface area contributed by atoms with Gasteiger partial charge in [-0.3, -0.25) is 9.78 Å². The van der Waals surface area contributed by atoms with Crippen LogP contribution >= 0.6 is 23.5 Å². The highest BCUT2D eigenvalue weighted by molar-refractivity contribution is 8.08. The second-order valence-electron chi connectivity index (χ2n) is 4.33. The van der Waals surface area contributed by atoms with E-state index in [1.54, 1.807) is 6.20 Å². The zero-order chi connectivity index (χ0) is 12.3. The van der Waals surface area contributed by atoms with Crippen molar-refractivity contribution in [1.29, 1.82) is 0 Å². The third kappa shape index (κ3) is 3.49. The van der Waals surface area contributed by atoms with Gasteiger partial charge in [0.05, 0.1) is 5.25 Å². The maximum Gasteiger partial charge on any atom is 0.152 e. The summed E-state index contributed by atoms with van der Waals surface area (Å²) >= 11 is 3.73. The lowest BCUT2D eigenvalue weighted by molar-refractivity contribution is -0.117. The molecule has 0 N–H and O–H groups in total. The van der Waals surface area contributed by atoms with Crippen molar-refractivity contribution in [3.05, 3.63) is 30.1 Å². The summed E-state index contributed by atoms with van der Waals surface area (Å²) in [6.45, 7) is 4.45. The Bertz CT molecular complexity index is 382. The van der Waals surface area contributed by atoms with Crippen molar-refractivity contribution in [2.75, 3.05) is 5.75 Å². The lowest BCUT2D eigenvalue weighted by atomic mass is 10.1. The molecule has 3 unspecified atom stereocenters. The van der Waals surface area contributed by atoms with Crippen LogP contribution in [0.2, 0.25) is 0 Å². The predicted molar refractivity (Wildman–Crippen MR) is 75.7 cm³/mol. The Hall–Kier alpha value is -0.480. The first-order valence-electron chi connectivity index (χ1n) is 5.86. The van der Waals surface area contributed by atoms with Crippen molar-refractivity contribution in [2.24, 2.45) is 0 Å². The van der Waals surface area contributed by atoms with Gasteiger partial charge < -0.3 is 0 Å². The van der Waals surface area contributed by atoms with E-state index in [0.29, 0.717) is 22.7 Å². The molecule has 0 saturated carbocycles. The first-order chi connectivity index (χ1) is 8.16. The van der Waals surface area contributed by atoms with Crippen molar-refractivity contribution < 1.29 is 4.79 Å². The molecule has 1 aliphatic rings. The molecule has 0 bridgehead atoms. The molecule has 17 heavy (non-hydrogen) atoms. The van der Waals surface area contributed by atoms with E-state index in [2.05, 4.69) is 18.8 Å². The highest BCUT2D eigenvalue weighted by Crippen LogP contribution is 2.36. The minimum Gasteiger partial charge on any atom is -0.298 e. The number of ketones is 1. The molecule has 1 aromatic rings. The molecule has 1 aliphatic heterocycles. The summed E-state index contributed by atoms with van der Waals surface area (Å²) in [5.74, 6) is 1.27. The first-order valence-corrected chi connectivity index (χ1v) is 7.85. The normalized spacial score (nSPS) is 28.9. The molecule has 0 spiro atoms. The van der Waals surface area contributed by atoms with Crippen molar-refractivity contribution in [3.63, 3.8) is 0 Å². The number of nitrogens with zero attached hydrogens (tertiary/aromatic N) is 1. The van der Waals surface area contributed by atoms with Crippen LogP contribution in [0.4, 0.5) is 0 Å². The number of rotatable bonds is 3. The third-order valence-corrected chi connectivity index (χ3v) is 6.43. The predicted octanol–water partition coefficient (Wildman–Crippen LogP) is 2.82. The molecule has 0 aromatic carbocycles. The van der Waals surface area contributed by atoms with E-state index < -0.39 is 0 Å². The lowest BCUT2D eigenvalue weighted by Gasteiger charge is -2.30. The van der Waals surface area contributed by atoms with Gasteiger partial charge in [-0.15, -0.1) is 11.8 Å². The number of Topliss-reactive ketones (excluding diaryl/α,β-unsaturated/α-hetero) is 1. The second kappa shape index (κ2) is 5.91. The highest BCUT2D eigenvalue weighted by Gasteiger charge is 2.30. The summed E-state index contributed by atoms with van der Waals surface area (Å²) in [6, 6.07) is 5.73. The van der Waals surface area contributed by atoms with E-state index in [0.717, 1.165) is 11.4 Å². The number of aromatic nitrogens is 1. The van der Waals surface area contributed by atoms with Gasteiger partial charge in [-0.1, -0.05) is 19.9 Å². The van der Waals surface area contributed by atoms with Crippen molar-refractivity contribution in [2.45, 2.75) is 36.0 Å². The lowest BCUT2D eigenvalue weighted by Crippen LogP contribution is -2.32. The Morgan fingerprint density at radius 1 is 1.41 bits per heavy atom. The Kier molecular flexibility index (Phi) is 4.51. The maximum atomic E-state index is 12.1. The molecule has 3 atom stereocenters. The van der Waals surface area contributed by atoms with Crippen LogP contribution in [-0.4, -0.2) is 32.3 Å². The summed E-state index contributed by atoms with van der Waals surface area (Å²) in [5, 5.41) is 1.36. The molecule has 0 amide bonds. The number of hydrogen-bond donors (Lipinski definition) is 0. The van der Waals surface area contributed by atoms with Gasteiger partial charge in [0.2, 0.25) is 0 Å². The van der Waals surface area contributed by atoms with Crippen molar-refractivity contribution in [1.82, 2.24) is 4.98 Å². The number of carbonyl (C=O) groups is 1. The zero-order valence-corrected chi connectivity index (χ0v) is 11.8. The van der Waals surface area contributed by atoms with E-state index in [1.807, 2.05) is 41.7 Å². The van der Waals surface area contributed by atoms with Gasteiger partial charge in [-0.05, 0) is 12.1 Å². The van der Waals surface area contributed by atoms with Crippen molar-refractivity contribution in [3.8, 4) is 0 Å². The molecule has 2 rings (SSSR count). The van der Waals surface area contributed by atoms with Gasteiger partial charge in [0.15, 0.2) is 5.78 Å². The Morgan fingerprint density at radius 3 is 2.88 bits per heavy atom. The van der Waals surface area contributed by atoms with Crippen LogP contribution < -0.4 is 0 Å². The largest absolute Gasteiger partial charge is 0.298 e. The fourth-order valence-electron chi connectivity index (χ4n) is 1.75. The van der Waals surface area contributed by atoms with E-state index >= 15 is 0 Å². The summed E-state index contributed by atoms with van der Waals surface area (Å²) in [4.78, 5) is 16.4. The SMILES string of the molecule is CC1SCC(C(=O)Cc2ccccn2)SC1C. The molecule has 0 aliphatic carbocycles. The monoisotopic (exact) mass is 267 g/mol. The molecule has 2 heterocycles. The van der Waals surface area contributed by atoms with Gasteiger partial charge >= 0.3 is 0 Å². The fraction of sp³-hybridized carbons (Fsp3) is 0.538. The Balaban J connectivity index is 1.93. The standard InChI is InChI=1S/C13H17NOS2/c1-9-10(2)17-13(8-16-9)12(15)7-11-5-3-4-6-14-11/h3-6,9-10,13H,7-8H2,1-2H3. The average molecular weight is 267 g/mol. The summed E-state index contributed by atoms with van der Waals surface area (Å²) in [6.07, 6.45) is 2.22. The van der Waals surface area contributed by atoms with Crippen LogP contribution in [0, 0.1) is 0 Å². The second-order valence-corrected chi connectivity index (χ2v) is 7.33. The van der Waals surface area contributed by atoms with Gasteiger partial charge in [-0.2, -0.15) is 11.8 Å². The zero-order valence-electron chi connectivity index (χ0n) is 10.1. The number of pyridine rings is 1. The summed E-state index contributed by atoms with van der Waals surface area (Å²) < 4.78 is 0. The highest BCUT2D eigenvalue weighted by atomic mass is 32.2. The van der Waals surface area contributed by atoms with Gasteiger partial charge in [0.1, 0.15) is 0 Å². The van der Waals surface area contributed by atoms with Crippen LogP contribution in [0.1, 0.15) is 19.5 Å². The van der Waals surface area contributed by atoms with Gasteiger partial charge in [0, 0.05) is 34.6 Å². The van der Waals surface area contributed by atoms with E-state index in [-0.39, 0.29) is 5.25 Å². The van der Waals surface area contributed by atoms with Gasteiger partial charge in [-0.25, -0.2) is 0 Å². The minimum atomic E-state index is 0.146. The maximum absolute atomic E-state index is 12.1. The van der Waals surface area contributed by atoms with Crippen LogP contribution in [0.5, 0.6) is 0 Å². The van der Waals surface area contributed by atoms with Crippen LogP contribution in [0.25, 0.3) is 0 Å². The summed E-state index contributed by atoms with van der Waals surface area (Å²) in [7, 11) is 0. The Morgan fingerprint density at radius 2 is 2.24 bits per heavy atom. The summed E-state index contributed by atoms with van der Waals surface area (Å²) in [5.41, 5.74) is 0.884. The molecule has 0 radical (unpaired) electrons. The molecule has 1 aromatic heterocycles. The molecule has 4 heteroatoms. The average Bonchev–Trinajstić information content (AvgIpc) is 2.34. The molecular weight excluding hydrogens is 250 g/mol. The Labute approximate surface area is 111 Å². The van der Waals surface area contributed by atoms with E-state index in [1.165, 1.54) is 0 Å². The number of thioether (sulfide) groups is 2. The third-order valence-electron chi connectivity index (χ3n) is 2.99. The van der Waals surface area contributed by atoms with E-state index in [9.17, 15) is 4.79 Å². The van der Waals surface area contributed by atoms with Crippen molar-refractivity contribution >= 4 is 29.3 Å². The first kappa shape index (κ1) is 13.0. The molecule has 1 saturated heterocycles. The number of carbonyl (C=O) groups excluding carboxylic acids is 1. The topological polar surface area (TPSA) is 30.0 Å². The van der Waals surface area contributed by atoms with Gasteiger partial charge in [0.25, 0.3) is 0 Å². The van der Waals surface area contributed by atoms with Crippen LogP contribution in [0.15, 0.2) is 24.4 Å². The molecule has 92 valence electrons. The minimum absolute atomic E-state index is 0.146. The van der Waals surface area contributed by atoms with E-state index in [4.69, 9.17) is 0 Å². The van der Waals surface area contributed by atoms with Crippen LogP contribution in [0.3, 0.4) is 0 Å². The van der Waals surface area contributed by atoms with Crippen LogP contribution in [-0.2, 0) is 11.2 Å².